The highest BCUT2D eigenvalue weighted by atomic mass is 19.4. The number of carbonyl (C=O) groups is 1. The van der Waals surface area contributed by atoms with E-state index in [9.17, 15) is 23.1 Å². The molecule has 0 aliphatic carbocycles. The minimum absolute atomic E-state index is 0.00928. The Hall–Kier alpha value is -2.13. The van der Waals surface area contributed by atoms with E-state index in [1.165, 1.54) is 19.9 Å². The van der Waals surface area contributed by atoms with E-state index in [1.807, 2.05) is 6.92 Å². The topological polar surface area (TPSA) is 87.2 Å². The number of rotatable bonds is 4. The fourth-order valence-corrected chi connectivity index (χ4v) is 3.20. The maximum Gasteiger partial charge on any atom is 0.418 e. The molecule has 1 aromatic carbocycles. The lowest BCUT2D eigenvalue weighted by Gasteiger charge is -2.27. The molecule has 2 unspecified atom stereocenters. The number of hydrogen-bond donors (Lipinski definition) is 3. The summed E-state index contributed by atoms with van der Waals surface area (Å²) in [7, 11) is 0. The molecule has 2 heterocycles. The third-order valence-corrected chi connectivity index (χ3v) is 4.42. The normalized spacial score (nSPS) is 21.7. The number of Topliss-reactive ketones (excluding diaryl/α,β-unsaturated/α-hetero) is 1. The molecule has 3 rings (SSSR count). The summed E-state index contributed by atoms with van der Waals surface area (Å²) < 4.78 is 46.0. The molecule has 27 heavy (non-hydrogen) atoms. The summed E-state index contributed by atoms with van der Waals surface area (Å²) in [4.78, 5) is 18.3. The quantitative estimate of drug-likeness (QED) is 0.753. The summed E-state index contributed by atoms with van der Waals surface area (Å²) >= 11 is 0. The number of ether oxygens (including phenoxy) is 1. The predicted octanol–water partition coefficient (Wildman–Crippen LogP) is 2.90. The number of nitrogens with one attached hydrogen (secondary N) is 2. The van der Waals surface area contributed by atoms with Crippen LogP contribution in [-0.4, -0.2) is 39.5 Å². The van der Waals surface area contributed by atoms with E-state index in [4.69, 9.17) is 4.74 Å². The molecule has 1 aliphatic rings. The van der Waals surface area contributed by atoms with Gasteiger partial charge in [-0.25, -0.2) is 4.98 Å². The van der Waals surface area contributed by atoms with Crippen molar-refractivity contribution in [3.63, 3.8) is 0 Å². The number of alkyl halides is 3. The van der Waals surface area contributed by atoms with Gasteiger partial charge in [0.05, 0.1) is 11.1 Å². The number of aromatic amines is 1. The molecule has 9 heteroatoms. The van der Waals surface area contributed by atoms with Crippen molar-refractivity contribution in [2.45, 2.75) is 57.5 Å². The van der Waals surface area contributed by atoms with Crippen LogP contribution >= 0.6 is 0 Å². The largest absolute Gasteiger partial charge is 0.492 e. The second-order valence-corrected chi connectivity index (χ2v) is 7.53. The lowest BCUT2D eigenvalue weighted by Crippen LogP contribution is -2.47. The van der Waals surface area contributed by atoms with Crippen molar-refractivity contribution in [1.29, 1.82) is 0 Å². The number of H-pyrrole nitrogens is 1. The lowest BCUT2D eigenvalue weighted by atomic mass is 9.99. The first-order valence-electron chi connectivity index (χ1n) is 8.68. The first-order chi connectivity index (χ1) is 12.4. The fourth-order valence-electron chi connectivity index (χ4n) is 3.20. The molecule has 1 fully saturated rings. The highest BCUT2D eigenvalue weighted by Gasteiger charge is 2.36. The van der Waals surface area contributed by atoms with E-state index in [0.29, 0.717) is 6.42 Å². The second-order valence-electron chi connectivity index (χ2n) is 7.53. The number of ketones is 1. The van der Waals surface area contributed by atoms with Gasteiger partial charge in [0.25, 0.3) is 0 Å². The van der Waals surface area contributed by atoms with Gasteiger partial charge in [0, 0.05) is 31.0 Å². The van der Waals surface area contributed by atoms with Crippen molar-refractivity contribution in [2.75, 3.05) is 6.61 Å². The number of fused-ring (bicyclic) bond motifs is 1. The van der Waals surface area contributed by atoms with Crippen molar-refractivity contribution in [3.8, 4) is 5.75 Å². The number of hydrogen-bond acceptors (Lipinski definition) is 5. The number of aromatic nitrogens is 2. The second kappa shape index (κ2) is 6.79. The summed E-state index contributed by atoms with van der Waals surface area (Å²) in [6.07, 6.45) is -3.91. The molecule has 1 saturated heterocycles. The standard InChI is InChI=1S/C18H22F3N3O3/c1-9-4-11(25)5-10(22-9)8-27-12-6-13(18(19,20)21)15-14(7-12)23-16(24-15)17(2,3)26/h6-7,9-10,22,26H,4-5,8H2,1-3H3,(H,23,24). The molecular weight excluding hydrogens is 363 g/mol. The molecular formula is C18H22F3N3O3. The van der Waals surface area contributed by atoms with Crippen LogP contribution in [0.25, 0.3) is 11.0 Å². The fraction of sp³-hybridized carbons (Fsp3) is 0.556. The Morgan fingerprint density at radius 1 is 1.30 bits per heavy atom. The van der Waals surface area contributed by atoms with Crippen LogP contribution in [0, 0.1) is 0 Å². The molecule has 0 spiro atoms. The number of halogens is 3. The third-order valence-electron chi connectivity index (χ3n) is 4.42. The van der Waals surface area contributed by atoms with Crippen LogP contribution in [0.2, 0.25) is 0 Å². The van der Waals surface area contributed by atoms with Crippen LogP contribution in [0.5, 0.6) is 5.75 Å². The Morgan fingerprint density at radius 2 is 2.00 bits per heavy atom. The smallest absolute Gasteiger partial charge is 0.418 e. The number of aliphatic hydroxyl groups is 1. The van der Waals surface area contributed by atoms with Crippen molar-refractivity contribution in [3.05, 3.63) is 23.5 Å². The Labute approximate surface area is 154 Å². The number of benzene rings is 1. The summed E-state index contributed by atoms with van der Waals surface area (Å²) in [6, 6.07) is 2.07. The maximum atomic E-state index is 13.5. The molecule has 0 radical (unpaired) electrons. The van der Waals surface area contributed by atoms with Gasteiger partial charge in [-0.3, -0.25) is 4.79 Å². The van der Waals surface area contributed by atoms with E-state index in [2.05, 4.69) is 15.3 Å². The molecule has 1 aliphatic heterocycles. The van der Waals surface area contributed by atoms with Gasteiger partial charge in [-0.15, -0.1) is 0 Å². The molecule has 2 aromatic rings. The summed E-state index contributed by atoms with van der Waals surface area (Å²) in [5.41, 5.74) is -2.50. The average Bonchev–Trinajstić information content (AvgIpc) is 2.94. The monoisotopic (exact) mass is 385 g/mol. The van der Waals surface area contributed by atoms with Crippen molar-refractivity contribution in [2.24, 2.45) is 0 Å². The molecule has 0 amide bonds. The lowest BCUT2D eigenvalue weighted by molar-refractivity contribution is -0.136. The highest BCUT2D eigenvalue weighted by molar-refractivity contribution is 5.82. The van der Waals surface area contributed by atoms with Gasteiger partial charge in [-0.1, -0.05) is 0 Å². The van der Waals surface area contributed by atoms with Crippen LogP contribution in [-0.2, 0) is 16.6 Å². The number of carbonyl (C=O) groups excluding carboxylic acids is 1. The van der Waals surface area contributed by atoms with E-state index in [1.54, 1.807) is 0 Å². The van der Waals surface area contributed by atoms with Gasteiger partial charge in [0.1, 0.15) is 35.1 Å². The highest BCUT2D eigenvalue weighted by Crippen LogP contribution is 2.37. The van der Waals surface area contributed by atoms with Gasteiger partial charge < -0.3 is 20.1 Å². The maximum absolute atomic E-state index is 13.5. The van der Waals surface area contributed by atoms with E-state index >= 15 is 0 Å². The summed E-state index contributed by atoms with van der Waals surface area (Å²) in [5, 5.41) is 13.2. The average molecular weight is 385 g/mol. The minimum atomic E-state index is -4.63. The Balaban J connectivity index is 1.90. The van der Waals surface area contributed by atoms with Gasteiger partial charge in [0.2, 0.25) is 0 Å². The van der Waals surface area contributed by atoms with Gasteiger partial charge in [-0.2, -0.15) is 13.2 Å². The van der Waals surface area contributed by atoms with Crippen LogP contribution in [0.4, 0.5) is 13.2 Å². The SMILES string of the molecule is CC1CC(=O)CC(COc2cc(C(F)(F)F)c3nc(C(C)(C)O)[nH]c3c2)N1. The van der Waals surface area contributed by atoms with Gasteiger partial charge in [0.15, 0.2) is 0 Å². The zero-order chi connectivity index (χ0) is 20.0. The van der Waals surface area contributed by atoms with Crippen LogP contribution < -0.4 is 10.1 Å². The van der Waals surface area contributed by atoms with Crippen molar-refractivity contribution < 1.29 is 27.8 Å². The third kappa shape index (κ3) is 4.41. The summed E-state index contributed by atoms with van der Waals surface area (Å²) in [5.74, 6) is 0.159. The van der Waals surface area contributed by atoms with E-state index < -0.39 is 17.3 Å². The Kier molecular flexibility index (Phi) is 4.94. The Bertz CT molecular complexity index is 855. The van der Waals surface area contributed by atoms with Crippen LogP contribution in [0.15, 0.2) is 12.1 Å². The van der Waals surface area contributed by atoms with Crippen molar-refractivity contribution >= 4 is 16.8 Å². The van der Waals surface area contributed by atoms with Crippen LogP contribution in [0.1, 0.15) is 45.0 Å². The first kappa shape index (κ1) is 19.6. The number of nitrogens with zero attached hydrogens (tertiary/aromatic N) is 1. The number of piperidine rings is 1. The van der Waals surface area contributed by atoms with Crippen LogP contribution in [0.3, 0.4) is 0 Å². The zero-order valence-electron chi connectivity index (χ0n) is 15.3. The van der Waals surface area contributed by atoms with E-state index in [0.717, 1.165) is 6.07 Å². The molecule has 0 bridgehead atoms. The number of imidazole rings is 1. The molecule has 3 N–H and O–H groups in total. The Morgan fingerprint density at radius 3 is 2.59 bits per heavy atom. The van der Waals surface area contributed by atoms with E-state index in [-0.39, 0.29) is 53.5 Å². The van der Waals surface area contributed by atoms with Gasteiger partial charge >= 0.3 is 6.18 Å². The molecule has 148 valence electrons. The molecule has 2 atom stereocenters. The molecule has 0 saturated carbocycles. The van der Waals surface area contributed by atoms with Gasteiger partial charge in [-0.05, 0) is 26.8 Å². The summed E-state index contributed by atoms with van der Waals surface area (Å²) in [6.45, 7) is 4.82. The zero-order valence-corrected chi connectivity index (χ0v) is 15.3. The molecule has 1 aromatic heterocycles. The minimum Gasteiger partial charge on any atom is -0.492 e. The molecule has 6 nitrogen and oxygen atoms in total. The predicted molar refractivity (Wildman–Crippen MR) is 92.5 cm³/mol. The first-order valence-corrected chi connectivity index (χ1v) is 8.68. The van der Waals surface area contributed by atoms with Crippen molar-refractivity contribution in [1.82, 2.24) is 15.3 Å².